The van der Waals surface area contributed by atoms with E-state index >= 15 is 0 Å². The van der Waals surface area contributed by atoms with Gasteiger partial charge in [-0.1, -0.05) is 60.7 Å². The minimum atomic E-state index is -0.0963. The second-order valence-corrected chi connectivity index (χ2v) is 4.92. The lowest BCUT2D eigenvalue weighted by atomic mass is 9.78. The van der Waals surface area contributed by atoms with Crippen LogP contribution >= 0.6 is 0 Å². The molecule has 1 aliphatic rings. The molecule has 1 fully saturated rings. The molecule has 1 aliphatic heterocycles. The molecule has 0 N–H and O–H groups in total. The number of benzene rings is 2. The van der Waals surface area contributed by atoms with Gasteiger partial charge in [-0.3, -0.25) is 4.79 Å². The summed E-state index contributed by atoms with van der Waals surface area (Å²) >= 11 is 0. The number of esters is 1. The van der Waals surface area contributed by atoms with E-state index in [-0.39, 0.29) is 17.8 Å². The van der Waals surface area contributed by atoms with Gasteiger partial charge in [0, 0.05) is 11.8 Å². The summed E-state index contributed by atoms with van der Waals surface area (Å²) < 4.78 is 5.26. The third-order valence-corrected chi connectivity index (χ3v) is 3.75. The fourth-order valence-corrected chi connectivity index (χ4v) is 2.76. The van der Waals surface area contributed by atoms with Gasteiger partial charge in [-0.05, 0) is 11.1 Å². The highest BCUT2D eigenvalue weighted by molar-refractivity contribution is 5.72. The second-order valence-electron chi connectivity index (χ2n) is 4.92. The Kier molecular flexibility index (Phi) is 3.32. The number of carbonyl (C=O) groups is 1. The van der Waals surface area contributed by atoms with Crippen molar-refractivity contribution in [2.45, 2.75) is 18.3 Å². The van der Waals surface area contributed by atoms with Gasteiger partial charge in [-0.15, -0.1) is 0 Å². The Morgan fingerprint density at radius 2 is 1.32 bits per heavy atom. The summed E-state index contributed by atoms with van der Waals surface area (Å²) in [4.78, 5) is 11.6. The smallest absolute Gasteiger partial charge is 0.306 e. The molecule has 3 rings (SSSR count). The number of hydrogen-bond acceptors (Lipinski definition) is 2. The molecule has 96 valence electrons. The van der Waals surface area contributed by atoms with E-state index < -0.39 is 0 Å². The summed E-state index contributed by atoms with van der Waals surface area (Å²) in [6, 6.07) is 20.5. The van der Waals surface area contributed by atoms with Gasteiger partial charge in [0.1, 0.15) is 0 Å². The van der Waals surface area contributed by atoms with Crippen LogP contribution in [0.1, 0.15) is 29.4 Å². The highest BCUT2D eigenvalue weighted by atomic mass is 16.5. The Morgan fingerprint density at radius 1 is 0.789 bits per heavy atom. The lowest BCUT2D eigenvalue weighted by Gasteiger charge is -2.31. The summed E-state index contributed by atoms with van der Waals surface area (Å²) in [7, 11) is 0. The summed E-state index contributed by atoms with van der Waals surface area (Å²) in [5.74, 6) is 0.368. The van der Waals surface area contributed by atoms with Crippen LogP contribution in [0.25, 0.3) is 0 Å². The SMILES string of the molecule is O=C1CC(c2ccccc2)C(c2ccccc2)CO1. The number of hydrogen-bond donors (Lipinski definition) is 0. The van der Waals surface area contributed by atoms with Crippen molar-refractivity contribution < 1.29 is 9.53 Å². The number of rotatable bonds is 2. The quantitative estimate of drug-likeness (QED) is 0.765. The van der Waals surface area contributed by atoms with Gasteiger partial charge < -0.3 is 4.74 Å². The topological polar surface area (TPSA) is 26.3 Å². The maximum Gasteiger partial charge on any atom is 0.306 e. The van der Waals surface area contributed by atoms with E-state index in [0.717, 1.165) is 0 Å². The van der Waals surface area contributed by atoms with Gasteiger partial charge in [-0.2, -0.15) is 0 Å². The third kappa shape index (κ3) is 2.53. The molecule has 0 bridgehead atoms. The number of cyclic esters (lactones) is 1. The fourth-order valence-electron chi connectivity index (χ4n) is 2.76. The largest absolute Gasteiger partial charge is 0.465 e. The molecular formula is C17H16O2. The Morgan fingerprint density at radius 3 is 1.89 bits per heavy atom. The predicted octanol–water partition coefficient (Wildman–Crippen LogP) is 3.50. The molecule has 1 heterocycles. The van der Waals surface area contributed by atoms with Crippen molar-refractivity contribution in [2.75, 3.05) is 6.61 Å². The molecule has 2 unspecified atom stereocenters. The average Bonchev–Trinajstić information content (AvgIpc) is 2.49. The highest BCUT2D eigenvalue weighted by Crippen LogP contribution is 2.38. The van der Waals surface area contributed by atoms with Crippen LogP contribution in [0.3, 0.4) is 0 Å². The van der Waals surface area contributed by atoms with Crippen LogP contribution in [0.15, 0.2) is 60.7 Å². The van der Waals surface area contributed by atoms with Gasteiger partial charge in [0.2, 0.25) is 0 Å². The number of ether oxygens (including phenoxy) is 1. The molecule has 1 saturated heterocycles. The standard InChI is InChI=1S/C17H16O2/c18-17-11-15(13-7-3-1-4-8-13)16(12-19-17)14-9-5-2-6-10-14/h1-10,15-16H,11-12H2. The molecule has 0 saturated carbocycles. The van der Waals surface area contributed by atoms with Gasteiger partial charge in [0.05, 0.1) is 13.0 Å². The Labute approximate surface area is 113 Å². The van der Waals surface area contributed by atoms with Gasteiger partial charge >= 0.3 is 5.97 Å². The Hall–Kier alpha value is -2.09. The van der Waals surface area contributed by atoms with Crippen LogP contribution in [-0.2, 0) is 9.53 Å². The number of carbonyl (C=O) groups excluding carboxylic acids is 1. The van der Waals surface area contributed by atoms with Crippen molar-refractivity contribution in [3.63, 3.8) is 0 Å². The zero-order valence-electron chi connectivity index (χ0n) is 10.7. The monoisotopic (exact) mass is 252 g/mol. The minimum Gasteiger partial charge on any atom is -0.465 e. The van der Waals surface area contributed by atoms with Crippen molar-refractivity contribution in [3.05, 3.63) is 71.8 Å². The lowest BCUT2D eigenvalue weighted by Crippen LogP contribution is -2.27. The molecule has 2 atom stereocenters. The second kappa shape index (κ2) is 5.27. The zero-order valence-corrected chi connectivity index (χ0v) is 10.7. The first-order chi connectivity index (χ1) is 9.34. The van der Waals surface area contributed by atoms with Crippen molar-refractivity contribution in [2.24, 2.45) is 0 Å². The van der Waals surface area contributed by atoms with Crippen LogP contribution in [0.5, 0.6) is 0 Å². The van der Waals surface area contributed by atoms with Crippen molar-refractivity contribution >= 4 is 5.97 Å². The van der Waals surface area contributed by atoms with E-state index in [1.807, 2.05) is 36.4 Å². The maximum absolute atomic E-state index is 11.6. The molecule has 0 aromatic heterocycles. The zero-order chi connectivity index (χ0) is 13.1. The minimum absolute atomic E-state index is 0.0963. The maximum atomic E-state index is 11.6. The summed E-state index contributed by atoms with van der Waals surface area (Å²) in [5, 5.41) is 0. The van der Waals surface area contributed by atoms with E-state index in [2.05, 4.69) is 24.3 Å². The first-order valence-corrected chi connectivity index (χ1v) is 6.60. The molecular weight excluding hydrogens is 236 g/mol. The van der Waals surface area contributed by atoms with Crippen LogP contribution in [0, 0.1) is 0 Å². The van der Waals surface area contributed by atoms with Crippen molar-refractivity contribution in [1.29, 1.82) is 0 Å². The van der Waals surface area contributed by atoms with E-state index in [0.29, 0.717) is 13.0 Å². The highest BCUT2D eigenvalue weighted by Gasteiger charge is 2.32. The van der Waals surface area contributed by atoms with Crippen LogP contribution < -0.4 is 0 Å². The van der Waals surface area contributed by atoms with Crippen LogP contribution in [0.4, 0.5) is 0 Å². The Balaban J connectivity index is 1.95. The van der Waals surface area contributed by atoms with Crippen LogP contribution in [0.2, 0.25) is 0 Å². The summed E-state index contributed by atoms with van der Waals surface area (Å²) in [5.41, 5.74) is 2.46. The van der Waals surface area contributed by atoms with Gasteiger partial charge in [0.15, 0.2) is 0 Å². The van der Waals surface area contributed by atoms with Gasteiger partial charge in [0.25, 0.3) is 0 Å². The first-order valence-electron chi connectivity index (χ1n) is 6.60. The van der Waals surface area contributed by atoms with Crippen molar-refractivity contribution in [3.8, 4) is 0 Å². The molecule has 2 heteroatoms. The first kappa shape index (κ1) is 12.0. The van der Waals surface area contributed by atoms with Crippen LogP contribution in [-0.4, -0.2) is 12.6 Å². The lowest BCUT2D eigenvalue weighted by molar-refractivity contribution is -0.148. The molecule has 2 aromatic carbocycles. The molecule has 0 spiro atoms. The van der Waals surface area contributed by atoms with E-state index in [1.54, 1.807) is 0 Å². The van der Waals surface area contributed by atoms with Gasteiger partial charge in [-0.25, -0.2) is 0 Å². The Bertz CT molecular complexity index is 548. The molecule has 2 nitrogen and oxygen atoms in total. The predicted molar refractivity (Wildman–Crippen MR) is 73.9 cm³/mol. The molecule has 0 radical (unpaired) electrons. The molecule has 0 aliphatic carbocycles. The van der Waals surface area contributed by atoms with E-state index in [4.69, 9.17) is 4.74 Å². The fraction of sp³-hybridized carbons (Fsp3) is 0.235. The molecule has 19 heavy (non-hydrogen) atoms. The summed E-state index contributed by atoms with van der Waals surface area (Å²) in [6.07, 6.45) is 0.462. The van der Waals surface area contributed by atoms with E-state index in [1.165, 1.54) is 11.1 Å². The average molecular weight is 252 g/mol. The summed E-state index contributed by atoms with van der Waals surface area (Å²) in [6.45, 7) is 0.475. The molecule has 2 aromatic rings. The van der Waals surface area contributed by atoms with Crippen molar-refractivity contribution in [1.82, 2.24) is 0 Å². The third-order valence-electron chi connectivity index (χ3n) is 3.75. The molecule has 0 amide bonds. The van der Waals surface area contributed by atoms with E-state index in [9.17, 15) is 4.79 Å². The normalized spacial score (nSPS) is 22.8.